The van der Waals surface area contributed by atoms with Gasteiger partial charge >= 0.3 is 5.97 Å². The predicted molar refractivity (Wildman–Crippen MR) is 84.8 cm³/mol. The largest absolute Gasteiger partial charge is 0.469 e. The number of nitrogens with one attached hydrogen (secondary N) is 1. The molecule has 0 aliphatic heterocycles. The van der Waals surface area contributed by atoms with Crippen LogP contribution < -0.4 is 5.32 Å². The van der Waals surface area contributed by atoms with Gasteiger partial charge in [0.25, 0.3) is 0 Å². The molecule has 1 N–H and O–H groups in total. The van der Waals surface area contributed by atoms with Gasteiger partial charge in [-0.15, -0.1) is 0 Å². The molecule has 4 atom stereocenters. The van der Waals surface area contributed by atoms with Crippen LogP contribution in [0.2, 0.25) is 0 Å². The van der Waals surface area contributed by atoms with Crippen LogP contribution in [0, 0.1) is 17.8 Å². The molecule has 1 aliphatic rings. The van der Waals surface area contributed by atoms with Crippen molar-refractivity contribution >= 4 is 5.97 Å². The molecular formula is C18H27NO2. The van der Waals surface area contributed by atoms with Crippen LogP contribution in [-0.4, -0.2) is 19.1 Å². The topological polar surface area (TPSA) is 38.3 Å². The molecule has 0 saturated heterocycles. The van der Waals surface area contributed by atoms with Gasteiger partial charge in [0, 0.05) is 12.1 Å². The number of hydrogen-bond donors (Lipinski definition) is 1. The fourth-order valence-electron chi connectivity index (χ4n) is 3.60. The highest BCUT2D eigenvalue weighted by molar-refractivity contribution is 5.74. The zero-order valence-corrected chi connectivity index (χ0v) is 13.5. The lowest BCUT2D eigenvalue weighted by Crippen LogP contribution is -2.41. The van der Waals surface area contributed by atoms with Crippen LogP contribution in [0.4, 0.5) is 0 Å². The van der Waals surface area contributed by atoms with Crippen molar-refractivity contribution in [3.63, 3.8) is 0 Å². The molecule has 0 heterocycles. The molecule has 1 saturated carbocycles. The van der Waals surface area contributed by atoms with Crippen molar-refractivity contribution in [3.8, 4) is 0 Å². The first-order valence-corrected chi connectivity index (χ1v) is 7.93. The Kier molecular flexibility index (Phi) is 5.40. The summed E-state index contributed by atoms with van der Waals surface area (Å²) in [6.45, 7) is 6.56. The molecule has 0 bridgehead atoms. The first-order chi connectivity index (χ1) is 10.0. The Bertz CT molecular complexity index is 458. The Morgan fingerprint density at radius 1 is 1.19 bits per heavy atom. The van der Waals surface area contributed by atoms with Gasteiger partial charge in [-0.05, 0) is 37.2 Å². The highest BCUT2D eigenvalue weighted by Crippen LogP contribution is 2.38. The molecular weight excluding hydrogens is 262 g/mol. The second-order valence-corrected chi connectivity index (χ2v) is 6.44. The van der Waals surface area contributed by atoms with Crippen molar-refractivity contribution in [1.29, 1.82) is 0 Å². The van der Waals surface area contributed by atoms with Crippen LogP contribution in [0.3, 0.4) is 0 Å². The number of rotatable bonds is 5. The van der Waals surface area contributed by atoms with Crippen LogP contribution in [0.1, 0.15) is 45.2 Å². The SMILES string of the molecule is COC(=O)[C@@H]1[C@H](N[C@H](C)c2ccccc2)CC[C@H]1C(C)C. The number of methoxy groups -OCH3 is 1. The Balaban J connectivity index is 2.09. The Labute approximate surface area is 128 Å². The van der Waals surface area contributed by atoms with E-state index >= 15 is 0 Å². The summed E-state index contributed by atoms with van der Waals surface area (Å²) in [5.41, 5.74) is 1.26. The van der Waals surface area contributed by atoms with E-state index in [9.17, 15) is 4.79 Å². The Morgan fingerprint density at radius 2 is 1.86 bits per heavy atom. The van der Waals surface area contributed by atoms with Gasteiger partial charge in [0.15, 0.2) is 0 Å². The van der Waals surface area contributed by atoms with Crippen molar-refractivity contribution in [3.05, 3.63) is 35.9 Å². The van der Waals surface area contributed by atoms with Gasteiger partial charge in [-0.3, -0.25) is 4.79 Å². The molecule has 3 nitrogen and oxygen atoms in total. The lowest BCUT2D eigenvalue weighted by atomic mass is 9.84. The van der Waals surface area contributed by atoms with Crippen molar-refractivity contribution in [2.75, 3.05) is 7.11 Å². The van der Waals surface area contributed by atoms with E-state index in [4.69, 9.17) is 4.74 Å². The monoisotopic (exact) mass is 289 g/mol. The normalized spacial score (nSPS) is 26.8. The molecule has 1 aromatic rings. The Morgan fingerprint density at radius 3 is 2.43 bits per heavy atom. The maximum absolute atomic E-state index is 12.2. The number of esters is 1. The maximum Gasteiger partial charge on any atom is 0.310 e. The first-order valence-electron chi connectivity index (χ1n) is 7.93. The highest BCUT2D eigenvalue weighted by Gasteiger charge is 2.43. The van der Waals surface area contributed by atoms with Crippen LogP contribution in [0.5, 0.6) is 0 Å². The summed E-state index contributed by atoms with van der Waals surface area (Å²) < 4.78 is 5.05. The molecule has 21 heavy (non-hydrogen) atoms. The summed E-state index contributed by atoms with van der Waals surface area (Å²) >= 11 is 0. The van der Waals surface area contributed by atoms with E-state index in [1.54, 1.807) is 0 Å². The summed E-state index contributed by atoms with van der Waals surface area (Å²) in [7, 11) is 1.50. The minimum Gasteiger partial charge on any atom is -0.469 e. The van der Waals surface area contributed by atoms with E-state index in [-0.39, 0.29) is 24.0 Å². The molecule has 0 spiro atoms. The molecule has 2 rings (SSSR count). The van der Waals surface area contributed by atoms with E-state index < -0.39 is 0 Å². The number of carbonyl (C=O) groups is 1. The summed E-state index contributed by atoms with van der Waals surface area (Å²) in [5, 5.41) is 3.64. The molecule has 3 heteroatoms. The predicted octanol–water partition coefficient (Wildman–Crippen LogP) is 3.56. The van der Waals surface area contributed by atoms with Crippen molar-refractivity contribution in [2.45, 2.75) is 45.7 Å². The summed E-state index contributed by atoms with van der Waals surface area (Å²) in [5.74, 6) is 0.830. The first kappa shape index (κ1) is 16.0. The third kappa shape index (κ3) is 3.65. The minimum atomic E-state index is -0.0658. The molecule has 1 aromatic carbocycles. The summed E-state index contributed by atoms with van der Waals surface area (Å²) in [6.07, 6.45) is 2.14. The summed E-state index contributed by atoms with van der Waals surface area (Å²) in [6, 6.07) is 10.8. The van der Waals surface area contributed by atoms with Crippen LogP contribution in [0.15, 0.2) is 30.3 Å². The highest BCUT2D eigenvalue weighted by atomic mass is 16.5. The quantitative estimate of drug-likeness (QED) is 0.842. The lowest BCUT2D eigenvalue weighted by Gasteiger charge is -2.28. The van der Waals surface area contributed by atoms with Crippen molar-refractivity contribution in [1.82, 2.24) is 5.32 Å². The van der Waals surface area contributed by atoms with Gasteiger partial charge in [-0.1, -0.05) is 44.2 Å². The standard InChI is InChI=1S/C18H27NO2/c1-12(2)15-10-11-16(17(15)18(20)21-4)19-13(3)14-8-6-5-7-9-14/h5-9,12-13,15-17,19H,10-11H2,1-4H3/t13-,15+,16-,17+/m1/s1. The Hall–Kier alpha value is -1.35. The smallest absolute Gasteiger partial charge is 0.310 e. The third-order valence-electron chi connectivity index (χ3n) is 4.80. The van der Waals surface area contributed by atoms with E-state index in [2.05, 4.69) is 50.4 Å². The second-order valence-electron chi connectivity index (χ2n) is 6.44. The van der Waals surface area contributed by atoms with Crippen molar-refractivity contribution < 1.29 is 9.53 Å². The van der Waals surface area contributed by atoms with Crippen LogP contribution in [0.25, 0.3) is 0 Å². The fraction of sp³-hybridized carbons (Fsp3) is 0.611. The zero-order chi connectivity index (χ0) is 15.4. The second kappa shape index (κ2) is 7.08. The van der Waals surface area contributed by atoms with Gasteiger partial charge in [-0.25, -0.2) is 0 Å². The van der Waals surface area contributed by atoms with Gasteiger partial charge in [-0.2, -0.15) is 0 Å². The van der Waals surface area contributed by atoms with E-state index in [0.717, 1.165) is 12.8 Å². The van der Waals surface area contributed by atoms with Crippen LogP contribution >= 0.6 is 0 Å². The average molecular weight is 289 g/mol. The number of hydrogen-bond acceptors (Lipinski definition) is 3. The van der Waals surface area contributed by atoms with E-state index in [0.29, 0.717) is 11.8 Å². The van der Waals surface area contributed by atoms with Gasteiger partial charge in [0.05, 0.1) is 13.0 Å². The molecule has 0 aromatic heterocycles. The van der Waals surface area contributed by atoms with Gasteiger partial charge in [0.2, 0.25) is 0 Å². The number of benzene rings is 1. The minimum absolute atomic E-state index is 0.0267. The lowest BCUT2D eigenvalue weighted by molar-refractivity contribution is -0.148. The molecule has 0 amide bonds. The van der Waals surface area contributed by atoms with Gasteiger partial charge < -0.3 is 10.1 Å². The molecule has 1 fully saturated rings. The molecule has 1 aliphatic carbocycles. The van der Waals surface area contributed by atoms with Gasteiger partial charge in [0.1, 0.15) is 0 Å². The van der Waals surface area contributed by atoms with E-state index in [1.807, 2.05) is 6.07 Å². The maximum atomic E-state index is 12.2. The number of carbonyl (C=O) groups excluding carboxylic acids is 1. The van der Waals surface area contributed by atoms with Crippen LogP contribution in [-0.2, 0) is 9.53 Å². The summed E-state index contributed by atoms with van der Waals surface area (Å²) in [4.78, 5) is 12.2. The number of ether oxygens (including phenoxy) is 1. The molecule has 0 unspecified atom stereocenters. The molecule has 0 radical (unpaired) electrons. The molecule has 116 valence electrons. The average Bonchev–Trinajstić information content (AvgIpc) is 2.91. The fourth-order valence-corrected chi connectivity index (χ4v) is 3.60. The van der Waals surface area contributed by atoms with Crippen molar-refractivity contribution in [2.24, 2.45) is 17.8 Å². The zero-order valence-electron chi connectivity index (χ0n) is 13.5. The van der Waals surface area contributed by atoms with E-state index in [1.165, 1.54) is 12.7 Å². The third-order valence-corrected chi connectivity index (χ3v) is 4.80.